The molecule has 4 rings (SSSR count). The van der Waals surface area contributed by atoms with E-state index in [1.807, 2.05) is 39.0 Å². The first-order valence-corrected chi connectivity index (χ1v) is 10.1. The van der Waals surface area contributed by atoms with E-state index in [9.17, 15) is 4.79 Å². The van der Waals surface area contributed by atoms with Gasteiger partial charge >= 0.3 is 5.97 Å². The second-order valence-corrected chi connectivity index (χ2v) is 8.62. The van der Waals surface area contributed by atoms with Crippen molar-refractivity contribution in [3.05, 3.63) is 29.5 Å². The summed E-state index contributed by atoms with van der Waals surface area (Å²) in [5.41, 5.74) is 1.13. The quantitative estimate of drug-likeness (QED) is 0.696. The van der Waals surface area contributed by atoms with E-state index in [1.54, 1.807) is 6.20 Å². The Morgan fingerprint density at radius 2 is 1.93 bits per heavy atom. The summed E-state index contributed by atoms with van der Waals surface area (Å²) in [4.78, 5) is 23.6. The molecule has 7 nitrogen and oxygen atoms in total. The molecule has 1 aromatic carbocycles. The number of fused-ring (bicyclic) bond motifs is 1. The van der Waals surface area contributed by atoms with Crippen molar-refractivity contribution in [2.75, 3.05) is 24.8 Å². The summed E-state index contributed by atoms with van der Waals surface area (Å²) in [5.74, 6) is 1.88. The van der Waals surface area contributed by atoms with E-state index in [0.29, 0.717) is 42.7 Å². The molecule has 1 saturated heterocycles. The Bertz CT molecular complexity index is 921. The van der Waals surface area contributed by atoms with Gasteiger partial charge in [0.1, 0.15) is 16.4 Å². The summed E-state index contributed by atoms with van der Waals surface area (Å²) in [6, 6.07) is 5.70. The monoisotopic (exact) mass is 417 g/mol. The number of hydrogen-bond donors (Lipinski definition) is 0. The van der Waals surface area contributed by atoms with Crippen molar-refractivity contribution in [2.24, 2.45) is 5.92 Å². The van der Waals surface area contributed by atoms with Gasteiger partial charge in [-0.3, -0.25) is 4.79 Å². The number of rotatable bonds is 3. The molecule has 0 bridgehead atoms. The molecule has 2 aliphatic rings. The molecule has 29 heavy (non-hydrogen) atoms. The second-order valence-electron chi connectivity index (χ2n) is 8.23. The zero-order valence-corrected chi connectivity index (χ0v) is 17.5. The highest BCUT2D eigenvalue weighted by molar-refractivity contribution is 6.29. The normalized spacial score (nSPS) is 16.8. The Hall–Kier alpha value is -2.54. The van der Waals surface area contributed by atoms with Gasteiger partial charge < -0.3 is 19.1 Å². The van der Waals surface area contributed by atoms with E-state index in [-0.39, 0.29) is 18.7 Å². The Morgan fingerprint density at radius 1 is 1.21 bits per heavy atom. The van der Waals surface area contributed by atoms with Crippen LogP contribution in [0.5, 0.6) is 11.5 Å². The van der Waals surface area contributed by atoms with Crippen molar-refractivity contribution in [2.45, 2.75) is 39.2 Å². The average molecular weight is 418 g/mol. The van der Waals surface area contributed by atoms with Gasteiger partial charge in [0.05, 0.1) is 12.1 Å². The molecule has 1 aromatic heterocycles. The molecule has 0 amide bonds. The molecular weight excluding hydrogens is 394 g/mol. The zero-order chi connectivity index (χ0) is 20.6. The highest BCUT2D eigenvalue weighted by Gasteiger charge is 2.31. The molecule has 0 aliphatic carbocycles. The number of nitrogens with zero attached hydrogens (tertiary/aromatic N) is 3. The summed E-state index contributed by atoms with van der Waals surface area (Å²) in [6.45, 7) is 7.24. The lowest BCUT2D eigenvalue weighted by Gasteiger charge is -2.33. The smallest absolute Gasteiger partial charge is 0.309 e. The van der Waals surface area contributed by atoms with Crippen LogP contribution >= 0.6 is 11.6 Å². The number of benzene rings is 1. The fraction of sp³-hybridized carbons (Fsp3) is 0.476. The summed E-state index contributed by atoms with van der Waals surface area (Å²) in [6.07, 6.45) is 2.94. The molecule has 154 valence electrons. The Balaban J connectivity index is 1.54. The Morgan fingerprint density at radius 3 is 2.66 bits per heavy atom. The number of anilines is 1. The van der Waals surface area contributed by atoms with Crippen LogP contribution in [-0.4, -0.2) is 41.4 Å². The number of carbonyl (C=O) groups excluding carboxylic acids is 1. The lowest BCUT2D eigenvalue weighted by molar-refractivity contribution is -0.160. The third kappa shape index (κ3) is 4.40. The van der Waals surface area contributed by atoms with Crippen LogP contribution in [0, 0.1) is 5.92 Å². The third-order valence-electron chi connectivity index (χ3n) is 4.91. The van der Waals surface area contributed by atoms with Gasteiger partial charge in [-0.15, -0.1) is 0 Å². The zero-order valence-electron chi connectivity index (χ0n) is 16.8. The number of halogens is 1. The molecule has 8 heteroatoms. The van der Waals surface area contributed by atoms with E-state index in [2.05, 4.69) is 14.9 Å². The van der Waals surface area contributed by atoms with Crippen LogP contribution in [0.2, 0.25) is 5.15 Å². The van der Waals surface area contributed by atoms with Crippen molar-refractivity contribution in [3.63, 3.8) is 0 Å². The van der Waals surface area contributed by atoms with Crippen LogP contribution < -0.4 is 14.4 Å². The molecule has 0 saturated carbocycles. The molecule has 0 N–H and O–H groups in total. The van der Waals surface area contributed by atoms with Gasteiger partial charge in [-0.2, -0.15) is 0 Å². The largest absolute Gasteiger partial charge is 0.460 e. The highest BCUT2D eigenvalue weighted by atomic mass is 35.5. The fourth-order valence-electron chi connectivity index (χ4n) is 3.54. The SMILES string of the molecule is CC(C)(C)OC(=O)C1CCN(c2nc(Cl)cnc2-c2ccc3c(c2)OCO3)CC1. The van der Waals surface area contributed by atoms with Crippen molar-refractivity contribution >= 4 is 23.4 Å². The second kappa shape index (κ2) is 7.71. The number of aromatic nitrogens is 2. The Labute approximate surface area is 174 Å². The molecular formula is C21H24ClN3O4. The minimum atomic E-state index is -0.473. The van der Waals surface area contributed by atoms with Gasteiger partial charge in [-0.1, -0.05) is 11.6 Å². The number of piperidine rings is 1. The minimum Gasteiger partial charge on any atom is -0.460 e. The first kappa shape index (κ1) is 19.8. The molecule has 0 radical (unpaired) electrons. The van der Waals surface area contributed by atoms with Crippen LogP contribution in [0.4, 0.5) is 5.82 Å². The molecule has 0 spiro atoms. The number of hydrogen-bond acceptors (Lipinski definition) is 7. The van der Waals surface area contributed by atoms with E-state index in [1.165, 1.54) is 0 Å². The first-order valence-electron chi connectivity index (χ1n) is 9.70. The summed E-state index contributed by atoms with van der Waals surface area (Å²) >= 11 is 6.15. The number of esters is 1. The van der Waals surface area contributed by atoms with Gasteiger partial charge in [-0.25, -0.2) is 9.97 Å². The first-order chi connectivity index (χ1) is 13.8. The highest BCUT2D eigenvalue weighted by Crippen LogP contribution is 2.38. The molecule has 2 aliphatic heterocycles. The van der Waals surface area contributed by atoms with Crippen molar-refractivity contribution in [1.29, 1.82) is 0 Å². The van der Waals surface area contributed by atoms with Crippen LogP contribution in [0.25, 0.3) is 11.3 Å². The van der Waals surface area contributed by atoms with Gasteiger partial charge in [0.2, 0.25) is 6.79 Å². The van der Waals surface area contributed by atoms with E-state index in [0.717, 1.165) is 17.0 Å². The van der Waals surface area contributed by atoms with Crippen LogP contribution in [0.3, 0.4) is 0 Å². The predicted molar refractivity (Wildman–Crippen MR) is 109 cm³/mol. The molecule has 1 fully saturated rings. The van der Waals surface area contributed by atoms with E-state index >= 15 is 0 Å². The van der Waals surface area contributed by atoms with Gasteiger partial charge in [0.25, 0.3) is 0 Å². The van der Waals surface area contributed by atoms with Gasteiger partial charge in [0, 0.05) is 18.7 Å². The maximum absolute atomic E-state index is 12.4. The van der Waals surface area contributed by atoms with Crippen LogP contribution in [0.1, 0.15) is 33.6 Å². The maximum Gasteiger partial charge on any atom is 0.309 e. The summed E-state index contributed by atoms with van der Waals surface area (Å²) < 4.78 is 16.4. The van der Waals surface area contributed by atoms with Gasteiger partial charge in [0.15, 0.2) is 17.3 Å². The fourth-order valence-corrected chi connectivity index (χ4v) is 3.67. The van der Waals surface area contributed by atoms with Crippen molar-refractivity contribution < 1.29 is 19.0 Å². The lowest BCUT2D eigenvalue weighted by atomic mass is 9.96. The number of ether oxygens (including phenoxy) is 3. The predicted octanol–water partition coefficient (Wildman–Crippen LogP) is 4.08. The van der Waals surface area contributed by atoms with Gasteiger partial charge in [-0.05, 0) is 51.8 Å². The molecule has 2 aromatic rings. The molecule has 3 heterocycles. The summed E-state index contributed by atoms with van der Waals surface area (Å²) in [7, 11) is 0. The topological polar surface area (TPSA) is 73.8 Å². The minimum absolute atomic E-state index is 0.105. The van der Waals surface area contributed by atoms with Crippen molar-refractivity contribution in [1.82, 2.24) is 9.97 Å². The van der Waals surface area contributed by atoms with Crippen LogP contribution in [-0.2, 0) is 9.53 Å². The average Bonchev–Trinajstić information content (AvgIpc) is 3.14. The molecule has 0 atom stereocenters. The van der Waals surface area contributed by atoms with E-state index < -0.39 is 5.60 Å². The van der Waals surface area contributed by atoms with E-state index in [4.69, 9.17) is 25.8 Å². The van der Waals surface area contributed by atoms with Crippen LogP contribution in [0.15, 0.2) is 24.4 Å². The Kier molecular flexibility index (Phi) is 5.25. The van der Waals surface area contributed by atoms with Crippen molar-refractivity contribution in [3.8, 4) is 22.8 Å². The lowest BCUT2D eigenvalue weighted by Crippen LogP contribution is -2.39. The third-order valence-corrected chi connectivity index (χ3v) is 5.09. The molecule has 0 unspecified atom stereocenters. The standard InChI is InChI=1S/C21H24ClN3O4/c1-21(2,3)29-20(26)13-6-8-25(9-7-13)19-18(23-11-17(22)24-19)14-4-5-15-16(10-14)28-12-27-15/h4-5,10-11,13H,6-9,12H2,1-3H3. The number of carbonyl (C=O) groups is 1. The maximum atomic E-state index is 12.4. The summed E-state index contributed by atoms with van der Waals surface area (Å²) in [5, 5.41) is 0.332.